The molecule has 2 aromatic carbocycles. The van der Waals surface area contributed by atoms with E-state index in [1.807, 2.05) is 19.1 Å². The number of ether oxygens (including phenoxy) is 1. The second-order valence-corrected chi connectivity index (χ2v) is 4.60. The van der Waals surface area contributed by atoms with E-state index in [1.165, 1.54) is 6.07 Å². The highest BCUT2D eigenvalue weighted by Crippen LogP contribution is 2.29. The van der Waals surface area contributed by atoms with Gasteiger partial charge in [0, 0.05) is 17.1 Å². The Labute approximate surface area is 120 Å². The first-order valence-corrected chi connectivity index (χ1v) is 6.59. The minimum absolute atomic E-state index is 0.236. The van der Waals surface area contributed by atoms with Crippen molar-refractivity contribution in [2.24, 2.45) is 0 Å². The van der Waals surface area contributed by atoms with E-state index in [0.717, 1.165) is 10.9 Å². The van der Waals surface area contributed by atoms with Gasteiger partial charge in [-0.1, -0.05) is 0 Å². The van der Waals surface area contributed by atoms with Crippen molar-refractivity contribution < 1.29 is 9.13 Å². The van der Waals surface area contributed by atoms with Crippen molar-refractivity contribution in [3.8, 4) is 5.75 Å². The van der Waals surface area contributed by atoms with Gasteiger partial charge in [0.2, 0.25) is 0 Å². The summed E-state index contributed by atoms with van der Waals surface area (Å²) in [4.78, 5) is 0. The molecule has 21 heavy (non-hydrogen) atoms. The van der Waals surface area contributed by atoms with Crippen molar-refractivity contribution in [3.05, 3.63) is 42.3 Å². The third kappa shape index (κ3) is 2.60. The smallest absolute Gasteiger partial charge is 0.167 e. The molecule has 0 spiro atoms. The zero-order chi connectivity index (χ0) is 14.8. The van der Waals surface area contributed by atoms with Gasteiger partial charge in [-0.2, -0.15) is 5.10 Å². The van der Waals surface area contributed by atoms with Crippen LogP contribution in [-0.2, 0) is 0 Å². The van der Waals surface area contributed by atoms with Crippen LogP contribution in [0.25, 0.3) is 10.9 Å². The minimum Gasteiger partial charge on any atom is -0.491 e. The number of nitrogens with two attached hydrogens (primary N) is 1. The van der Waals surface area contributed by atoms with Crippen molar-refractivity contribution in [1.82, 2.24) is 10.2 Å². The van der Waals surface area contributed by atoms with Crippen molar-refractivity contribution in [2.75, 3.05) is 17.7 Å². The number of hydrogen-bond acceptors (Lipinski definition) is 4. The Hall–Kier alpha value is -2.76. The first-order valence-electron chi connectivity index (χ1n) is 6.59. The fraction of sp³-hybridized carbons (Fsp3) is 0.133. The lowest BCUT2D eigenvalue weighted by Gasteiger charge is -2.11. The number of aromatic amines is 1. The highest BCUT2D eigenvalue weighted by molar-refractivity contribution is 5.89. The molecule has 0 bridgehead atoms. The maximum atomic E-state index is 13.8. The Bertz CT molecular complexity index is 784. The SMILES string of the molecule is CCOc1ccc(Nc2cc3[nH]ncc3cc2N)cc1F. The second kappa shape index (κ2) is 5.32. The number of benzene rings is 2. The Balaban J connectivity index is 1.90. The summed E-state index contributed by atoms with van der Waals surface area (Å²) in [6.07, 6.45) is 1.70. The molecule has 0 fully saturated rings. The molecule has 0 radical (unpaired) electrons. The van der Waals surface area contributed by atoms with Gasteiger partial charge >= 0.3 is 0 Å². The zero-order valence-corrected chi connectivity index (χ0v) is 11.5. The van der Waals surface area contributed by atoms with Gasteiger partial charge in [-0.15, -0.1) is 0 Å². The van der Waals surface area contributed by atoms with Crippen molar-refractivity contribution in [1.29, 1.82) is 0 Å². The number of rotatable bonds is 4. The number of nitrogens with one attached hydrogen (secondary N) is 2. The van der Waals surface area contributed by atoms with E-state index in [0.29, 0.717) is 23.7 Å². The van der Waals surface area contributed by atoms with E-state index in [2.05, 4.69) is 15.5 Å². The van der Waals surface area contributed by atoms with Crippen LogP contribution >= 0.6 is 0 Å². The van der Waals surface area contributed by atoms with Crippen LogP contribution in [0.15, 0.2) is 36.5 Å². The van der Waals surface area contributed by atoms with Crippen LogP contribution in [0.2, 0.25) is 0 Å². The molecule has 3 aromatic rings. The first-order chi connectivity index (χ1) is 10.2. The molecule has 0 saturated heterocycles. The highest BCUT2D eigenvalue weighted by atomic mass is 19.1. The second-order valence-electron chi connectivity index (χ2n) is 4.60. The molecule has 6 heteroatoms. The third-order valence-electron chi connectivity index (χ3n) is 3.12. The average molecular weight is 286 g/mol. The number of H-pyrrole nitrogens is 1. The van der Waals surface area contributed by atoms with E-state index < -0.39 is 5.82 Å². The predicted octanol–water partition coefficient (Wildman–Crippen LogP) is 3.43. The number of nitrogen functional groups attached to an aromatic ring is 1. The molecule has 0 saturated carbocycles. The lowest BCUT2D eigenvalue weighted by atomic mass is 10.2. The van der Waals surface area contributed by atoms with E-state index in [1.54, 1.807) is 18.3 Å². The standard InChI is InChI=1S/C15H15FN4O/c1-2-21-15-4-3-10(6-11(15)16)19-14-7-13-9(5-12(14)17)8-18-20-13/h3-8,19H,2,17H2,1H3,(H,18,20). The zero-order valence-electron chi connectivity index (χ0n) is 11.5. The normalized spacial score (nSPS) is 10.8. The van der Waals surface area contributed by atoms with Crippen LogP contribution < -0.4 is 15.8 Å². The van der Waals surface area contributed by atoms with Gasteiger partial charge in [0.1, 0.15) is 0 Å². The summed E-state index contributed by atoms with van der Waals surface area (Å²) in [7, 11) is 0. The molecular weight excluding hydrogens is 271 g/mol. The topological polar surface area (TPSA) is 76.0 Å². The maximum Gasteiger partial charge on any atom is 0.167 e. The summed E-state index contributed by atoms with van der Waals surface area (Å²) in [5.41, 5.74) is 8.70. The average Bonchev–Trinajstić information content (AvgIpc) is 2.89. The molecular formula is C15H15FN4O. The molecule has 0 unspecified atom stereocenters. The largest absolute Gasteiger partial charge is 0.491 e. The quantitative estimate of drug-likeness (QED) is 0.642. The van der Waals surface area contributed by atoms with E-state index >= 15 is 0 Å². The first kappa shape index (κ1) is 13.2. The molecule has 0 aliphatic carbocycles. The summed E-state index contributed by atoms with van der Waals surface area (Å²) in [5.74, 6) is -0.178. The summed E-state index contributed by atoms with van der Waals surface area (Å²) < 4.78 is 19.0. The highest BCUT2D eigenvalue weighted by Gasteiger charge is 2.07. The molecule has 0 atom stereocenters. The van der Waals surface area contributed by atoms with Gasteiger partial charge in [0.15, 0.2) is 11.6 Å². The number of nitrogens with zero attached hydrogens (tertiary/aromatic N) is 1. The number of fused-ring (bicyclic) bond motifs is 1. The fourth-order valence-corrected chi connectivity index (χ4v) is 2.12. The monoisotopic (exact) mass is 286 g/mol. The Morgan fingerprint density at radius 2 is 2.19 bits per heavy atom. The predicted molar refractivity (Wildman–Crippen MR) is 81.4 cm³/mol. The van der Waals surface area contributed by atoms with Gasteiger partial charge in [-0.25, -0.2) is 4.39 Å². The number of halogens is 1. The lowest BCUT2D eigenvalue weighted by Crippen LogP contribution is -1.98. The summed E-state index contributed by atoms with van der Waals surface area (Å²) in [6.45, 7) is 2.24. The minimum atomic E-state index is -0.414. The van der Waals surface area contributed by atoms with Crippen LogP contribution in [0.5, 0.6) is 5.75 Å². The van der Waals surface area contributed by atoms with E-state index in [9.17, 15) is 4.39 Å². The van der Waals surface area contributed by atoms with Crippen LogP contribution in [0.4, 0.5) is 21.5 Å². The van der Waals surface area contributed by atoms with Crippen molar-refractivity contribution >= 4 is 28.0 Å². The van der Waals surface area contributed by atoms with Gasteiger partial charge in [-0.3, -0.25) is 5.10 Å². The molecule has 1 heterocycles. The van der Waals surface area contributed by atoms with Gasteiger partial charge < -0.3 is 15.8 Å². The fourth-order valence-electron chi connectivity index (χ4n) is 2.12. The molecule has 0 amide bonds. The van der Waals surface area contributed by atoms with Gasteiger partial charge in [0.25, 0.3) is 0 Å². The van der Waals surface area contributed by atoms with Crippen LogP contribution in [-0.4, -0.2) is 16.8 Å². The number of anilines is 3. The third-order valence-corrected chi connectivity index (χ3v) is 3.12. The van der Waals surface area contributed by atoms with Crippen molar-refractivity contribution in [2.45, 2.75) is 6.92 Å². The molecule has 3 rings (SSSR count). The summed E-state index contributed by atoms with van der Waals surface area (Å²) >= 11 is 0. The van der Waals surface area contributed by atoms with Crippen LogP contribution in [0, 0.1) is 5.82 Å². The lowest BCUT2D eigenvalue weighted by molar-refractivity contribution is 0.321. The number of aromatic nitrogens is 2. The van der Waals surface area contributed by atoms with Gasteiger partial charge in [0.05, 0.1) is 29.7 Å². The Kier molecular flexibility index (Phi) is 3.35. The number of hydrogen-bond donors (Lipinski definition) is 3. The summed E-state index contributed by atoms with van der Waals surface area (Å²) in [6, 6.07) is 8.36. The molecule has 4 N–H and O–H groups in total. The molecule has 5 nitrogen and oxygen atoms in total. The maximum absolute atomic E-state index is 13.8. The van der Waals surface area contributed by atoms with Gasteiger partial charge in [-0.05, 0) is 31.2 Å². The molecule has 108 valence electrons. The van der Waals surface area contributed by atoms with Crippen molar-refractivity contribution in [3.63, 3.8) is 0 Å². The molecule has 1 aromatic heterocycles. The van der Waals surface area contributed by atoms with Crippen LogP contribution in [0.3, 0.4) is 0 Å². The van der Waals surface area contributed by atoms with E-state index in [-0.39, 0.29) is 5.75 Å². The van der Waals surface area contributed by atoms with E-state index in [4.69, 9.17) is 10.5 Å². The Morgan fingerprint density at radius 1 is 1.33 bits per heavy atom. The van der Waals surface area contributed by atoms with Crippen LogP contribution in [0.1, 0.15) is 6.92 Å². The summed E-state index contributed by atoms with van der Waals surface area (Å²) in [5, 5.41) is 10.8. The Morgan fingerprint density at radius 3 is 2.95 bits per heavy atom. The molecule has 0 aliphatic heterocycles. The molecule has 0 aliphatic rings.